The molecule has 0 unspecified atom stereocenters. The Morgan fingerprint density at radius 3 is 1.96 bits per heavy atom. The molecule has 2 aromatic carbocycles. The molecule has 0 aromatic heterocycles. The van der Waals surface area contributed by atoms with Crippen LogP contribution in [-0.4, -0.2) is 22.9 Å². The maximum absolute atomic E-state index is 10.5. The van der Waals surface area contributed by atoms with E-state index in [1.54, 1.807) is 0 Å². The molecule has 0 bridgehead atoms. The number of hydrogen-bond acceptors (Lipinski definition) is 4. The topological polar surface area (TPSA) is 86.3 Å². The lowest BCUT2D eigenvalue weighted by atomic mass is 9.95. The quantitative estimate of drug-likeness (QED) is 0.540. The predicted octanol–water partition coefficient (Wildman–Crippen LogP) is 3.91. The molecule has 6 nitrogen and oxygen atoms in total. The van der Waals surface area contributed by atoms with E-state index in [2.05, 4.69) is 0 Å². The Balaban J connectivity index is 2.29. The van der Waals surface area contributed by atoms with Crippen LogP contribution < -0.4 is 0 Å². The van der Waals surface area contributed by atoms with Crippen LogP contribution in [0.2, 0.25) is 5.02 Å². The van der Waals surface area contributed by atoms with Crippen molar-refractivity contribution in [3.63, 3.8) is 0 Å². The highest BCUT2D eigenvalue weighted by Crippen LogP contribution is 2.31. The molecule has 0 saturated heterocycles. The molecule has 0 radical (unpaired) electrons. The van der Waals surface area contributed by atoms with E-state index in [-0.39, 0.29) is 22.9 Å². The summed E-state index contributed by atoms with van der Waals surface area (Å²) in [7, 11) is 0. The van der Waals surface area contributed by atoms with E-state index in [0.29, 0.717) is 30.7 Å². The molecule has 0 spiro atoms. The molecule has 0 amide bonds. The van der Waals surface area contributed by atoms with Gasteiger partial charge in [-0.1, -0.05) is 41.9 Å². The average molecular weight is 337 g/mol. The summed E-state index contributed by atoms with van der Waals surface area (Å²) in [6.45, 7) is -0.173. The fourth-order valence-corrected chi connectivity index (χ4v) is 2.98. The Morgan fingerprint density at radius 2 is 1.39 bits per heavy atom. The summed E-state index contributed by atoms with van der Waals surface area (Å²) in [6, 6.07) is 9.58. The van der Waals surface area contributed by atoms with Crippen LogP contribution in [-0.2, 0) is 12.8 Å². The Morgan fingerprint density at radius 1 is 0.870 bits per heavy atom. The van der Waals surface area contributed by atoms with Crippen molar-refractivity contribution >= 4 is 22.4 Å². The molecule has 23 heavy (non-hydrogen) atoms. The zero-order valence-electron chi connectivity index (χ0n) is 12.5. The normalized spacial score (nSPS) is 10.8. The van der Waals surface area contributed by atoms with E-state index in [1.807, 2.05) is 30.3 Å². The number of aryl methyl sites for hydroxylation is 2. The number of benzene rings is 2. The van der Waals surface area contributed by atoms with Crippen LogP contribution >= 0.6 is 11.6 Å². The molecule has 0 aliphatic carbocycles. The molecule has 2 rings (SSSR count). The van der Waals surface area contributed by atoms with Crippen LogP contribution in [0.15, 0.2) is 30.3 Å². The van der Waals surface area contributed by atoms with Gasteiger partial charge in [0.25, 0.3) is 0 Å². The van der Waals surface area contributed by atoms with Crippen molar-refractivity contribution in [2.24, 2.45) is 0 Å². The number of hydrogen-bond donors (Lipinski definition) is 0. The van der Waals surface area contributed by atoms with Crippen molar-refractivity contribution < 1.29 is 9.85 Å². The van der Waals surface area contributed by atoms with Gasteiger partial charge in [-0.2, -0.15) is 0 Å². The fourth-order valence-electron chi connectivity index (χ4n) is 2.66. The highest BCUT2D eigenvalue weighted by Gasteiger charge is 2.12. The van der Waals surface area contributed by atoms with Crippen molar-refractivity contribution in [2.45, 2.75) is 25.7 Å². The minimum atomic E-state index is -0.340. The van der Waals surface area contributed by atoms with Gasteiger partial charge in [0, 0.05) is 28.1 Å². The predicted molar refractivity (Wildman–Crippen MR) is 89.3 cm³/mol. The molecule has 0 heterocycles. The first-order valence-electron chi connectivity index (χ1n) is 7.41. The summed E-state index contributed by atoms with van der Waals surface area (Å²) in [4.78, 5) is 20.3. The van der Waals surface area contributed by atoms with Crippen LogP contribution in [0.25, 0.3) is 10.8 Å². The Kier molecular flexibility index (Phi) is 5.87. The third-order valence-electron chi connectivity index (χ3n) is 3.71. The number of nitrogens with zero attached hydrogens (tertiary/aromatic N) is 2. The summed E-state index contributed by atoms with van der Waals surface area (Å²) in [5, 5.41) is 23.5. The third kappa shape index (κ3) is 4.63. The van der Waals surface area contributed by atoms with Crippen molar-refractivity contribution in [2.75, 3.05) is 13.1 Å². The van der Waals surface area contributed by atoms with Gasteiger partial charge < -0.3 is 0 Å². The molecule has 0 atom stereocenters. The smallest absolute Gasteiger partial charge is 0.204 e. The van der Waals surface area contributed by atoms with Crippen LogP contribution in [0.4, 0.5) is 0 Å². The van der Waals surface area contributed by atoms with Crippen LogP contribution in [0, 0.1) is 20.2 Å². The van der Waals surface area contributed by atoms with Gasteiger partial charge in [-0.3, -0.25) is 20.2 Å². The van der Waals surface area contributed by atoms with Crippen LogP contribution in [0.5, 0.6) is 0 Å². The van der Waals surface area contributed by atoms with Crippen LogP contribution in [0.1, 0.15) is 24.0 Å². The van der Waals surface area contributed by atoms with Gasteiger partial charge in [0.2, 0.25) is 13.1 Å². The molecule has 7 heteroatoms. The minimum absolute atomic E-state index is 0.0758. The first-order chi connectivity index (χ1) is 11.0. The summed E-state index contributed by atoms with van der Waals surface area (Å²) in [5.74, 6) is 0. The zero-order valence-corrected chi connectivity index (χ0v) is 13.3. The first-order valence-corrected chi connectivity index (χ1v) is 7.79. The molecular formula is C16H17ClN2O4. The lowest BCUT2D eigenvalue weighted by Crippen LogP contribution is -2.04. The van der Waals surface area contributed by atoms with Crippen molar-refractivity contribution in [1.82, 2.24) is 0 Å². The SMILES string of the molecule is O=[N+]([O-])CCCc1cc(CCC[N+](=O)[O-])c2ccccc2c1Cl. The van der Waals surface area contributed by atoms with Gasteiger partial charge in [0.05, 0.1) is 5.02 Å². The summed E-state index contributed by atoms with van der Waals surface area (Å²) in [6.07, 6.45) is 1.97. The summed E-state index contributed by atoms with van der Waals surface area (Å²) >= 11 is 6.44. The van der Waals surface area contributed by atoms with Crippen molar-refractivity contribution in [3.8, 4) is 0 Å². The molecule has 2 aromatic rings. The average Bonchev–Trinajstić information content (AvgIpc) is 2.50. The van der Waals surface area contributed by atoms with Gasteiger partial charge in [0.15, 0.2) is 0 Å². The van der Waals surface area contributed by atoms with E-state index >= 15 is 0 Å². The second kappa shape index (κ2) is 7.87. The number of halogens is 1. The lowest BCUT2D eigenvalue weighted by Gasteiger charge is -2.12. The molecule has 0 saturated carbocycles. The number of rotatable bonds is 8. The highest BCUT2D eigenvalue weighted by atomic mass is 35.5. The van der Waals surface area contributed by atoms with E-state index in [1.165, 1.54) is 0 Å². The largest absolute Gasteiger partial charge is 0.265 e. The molecule has 0 N–H and O–H groups in total. The van der Waals surface area contributed by atoms with E-state index in [0.717, 1.165) is 21.9 Å². The Hall–Kier alpha value is -2.21. The molecular weight excluding hydrogens is 320 g/mol. The van der Waals surface area contributed by atoms with Crippen molar-refractivity contribution in [1.29, 1.82) is 0 Å². The first kappa shape index (κ1) is 17.1. The minimum Gasteiger partial charge on any atom is -0.265 e. The second-order valence-electron chi connectivity index (χ2n) is 5.37. The lowest BCUT2D eigenvalue weighted by molar-refractivity contribution is -0.480. The van der Waals surface area contributed by atoms with Gasteiger partial charge in [-0.05, 0) is 29.4 Å². The zero-order chi connectivity index (χ0) is 16.8. The Bertz CT molecular complexity index is 733. The number of fused-ring (bicyclic) bond motifs is 1. The maximum atomic E-state index is 10.5. The molecule has 122 valence electrons. The van der Waals surface area contributed by atoms with E-state index in [9.17, 15) is 20.2 Å². The second-order valence-corrected chi connectivity index (χ2v) is 5.75. The van der Waals surface area contributed by atoms with Crippen molar-refractivity contribution in [3.05, 3.63) is 66.7 Å². The Labute approximate surface area is 138 Å². The maximum Gasteiger partial charge on any atom is 0.204 e. The third-order valence-corrected chi connectivity index (χ3v) is 4.16. The number of nitro groups is 2. The fraction of sp³-hybridized carbons (Fsp3) is 0.375. The van der Waals surface area contributed by atoms with Crippen LogP contribution in [0.3, 0.4) is 0 Å². The molecule has 0 aliphatic heterocycles. The van der Waals surface area contributed by atoms with Gasteiger partial charge in [-0.25, -0.2) is 0 Å². The van der Waals surface area contributed by atoms with Gasteiger partial charge in [0.1, 0.15) is 0 Å². The summed E-state index contributed by atoms with van der Waals surface area (Å²) < 4.78 is 0. The monoisotopic (exact) mass is 336 g/mol. The van der Waals surface area contributed by atoms with Gasteiger partial charge >= 0.3 is 0 Å². The van der Waals surface area contributed by atoms with E-state index < -0.39 is 0 Å². The molecule has 0 aliphatic rings. The standard InChI is InChI=1S/C16H17ClN2O4/c17-16-13(6-4-10-19(22)23)11-12(5-3-9-18(20)21)14-7-1-2-8-15(14)16/h1-2,7-8,11H,3-6,9-10H2. The molecule has 0 fully saturated rings. The van der Waals surface area contributed by atoms with Gasteiger partial charge in [-0.15, -0.1) is 0 Å². The van der Waals surface area contributed by atoms with E-state index in [4.69, 9.17) is 11.6 Å². The highest BCUT2D eigenvalue weighted by molar-refractivity contribution is 6.36. The summed E-state index contributed by atoms with van der Waals surface area (Å²) in [5.41, 5.74) is 1.87.